The first kappa shape index (κ1) is 24.0. The predicted molar refractivity (Wildman–Crippen MR) is 143 cm³/mol. The molecule has 2 atom stereocenters. The molecule has 0 saturated heterocycles. The summed E-state index contributed by atoms with van der Waals surface area (Å²) in [6.45, 7) is 8.97. The smallest absolute Gasteiger partial charge is 0.109 e. The second-order valence-corrected chi connectivity index (χ2v) is 9.61. The number of benzene rings is 2. The number of aromatic nitrogens is 4. The van der Waals surface area contributed by atoms with Gasteiger partial charge in [-0.15, -0.1) is 0 Å². The van der Waals surface area contributed by atoms with Crippen LogP contribution in [-0.4, -0.2) is 19.9 Å². The lowest BCUT2D eigenvalue weighted by Gasteiger charge is -2.08. The lowest BCUT2D eigenvalue weighted by molar-refractivity contribution is 0.601. The first-order chi connectivity index (χ1) is 16.6. The van der Waals surface area contributed by atoms with E-state index in [9.17, 15) is 0 Å². The minimum Gasteiger partial charge on any atom is -0.342 e. The summed E-state index contributed by atoms with van der Waals surface area (Å²) in [6.07, 6.45) is 11.2. The molecule has 2 heterocycles. The quantitative estimate of drug-likeness (QED) is 0.238. The van der Waals surface area contributed by atoms with Crippen LogP contribution in [0.4, 0.5) is 0 Å². The largest absolute Gasteiger partial charge is 0.342 e. The second kappa shape index (κ2) is 11.3. The molecule has 0 radical (unpaired) electrons. The third-order valence-electron chi connectivity index (χ3n) is 6.83. The molecule has 34 heavy (non-hydrogen) atoms. The van der Waals surface area contributed by atoms with Gasteiger partial charge in [0.1, 0.15) is 11.6 Å². The van der Waals surface area contributed by atoms with E-state index in [0.717, 1.165) is 23.0 Å². The van der Waals surface area contributed by atoms with Gasteiger partial charge in [-0.2, -0.15) is 0 Å². The van der Waals surface area contributed by atoms with Gasteiger partial charge in [-0.05, 0) is 35.1 Å². The van der Waals surface area contributed by atoms with Gasteiger partial charge in [-0.3, -0.25) is 0 Å². The van der Waals surface area contributed by atoms with Crippen molar-refractivity contribution in [1.29, 1.82) is 0 Å². The number of aromatic amines is 2. The fraction of sp³-hybridized carbons (Fsp3) is 0.400. The first-order valence-electron chi connectivity index (χ1n) is 12.9. The van der Waals surface area contributed by atoms with Crippen LogP contribution in [0.25, 0.3) is 33.6 Å². The van der Waals surface area contributed by atoms with E-state index in [-0.39, 0.29) is 0 Å². The number of hydrogen-bond donors (Lipinski definition) is 2. The van der Waals surface area contributed by atoms with E-state index in [1.165, 1.54) is 60.8 Å². The minimum atomic E-state index is 0.469. The zero-order chi connectivity index (χ0) is 23.9. The molecule has 2 N–H and O–H groups in total. The average molecular weight is 455 g/mol. The first-order valence-corrected chi connectivity index (χ1v) is 12.9. The summed E-state index contributed by atoms with van der Waals surface area (Å²) in [4.78, 5) is 16.3. The van der Waals surface area contributed by atoms with Crippen molar-refractivity contribution in [2.24, 2.45) is 0 Å². The van der Waals surface area contributed by atoms with Crippen molar-refractivity contribution in [1.82, 2.24) is 19.9 Å². The van der Waals surface area contributed by atoms with Gasteiger partial charge in [0, 0.05) is 11.8 Å². The van der Waals surface area contributed by atoms with Crippen LogP contribution < -0.4 is 0 Å². The van der Waals surface area contributed by atoms with Gasteiger partial charge in [0.25, 0.3) is 0 Å². The molecule has 4 heteroatoms. The van der Waals surface area contributed by atoms with Crippen LogP contribution in [0.5, 0.6) is 0 Å². The SMILES string of the molecule is CCCC[C@H](C)c1ncc(-c2ccc(-c3ccc(-c4cnc([C@@H](C)CCCC)[nH]4)cc3)cc2)[nH]1. The summed E-state index contributed by atoms with van der Waals surface area (Å²) in [7, 11) is 0. The van der Waals surface area contributed by atoms with Crippen LogP contribution in [-0.2, 0) is 0 Å². The van der Waals surface area contributed by atoms with E-state index >= 15 is 0 Å². The molecule has 178 valence electrons. The molecule has 4 nitrogen and oxygen atoms in total. The van der Waals surface area contributed by atoms with Crippen molar-refractivity contribution < 1.29 is 0 Å². The van der Waals surface area contributed by atoms with Crippen molar-refractivity contribution in [2.45, 2.75) is 78.1 Å². The average Bonchev–Trinajstić information content (AvgIpc) is 3.57. The second-order valence-electron chi connectivity index (χ2n) is 9.61. The molecule has 2 aromatic heterocycles. The van der Waals surface area contributed by atoms with Crippen LogP contribution in [0.2, 0.25) is 0 Å². The molecular weight excluding hydrogens is 416 g/mol. The van der Waals surface area contributed by atoms with Gasteiger partial charge in [-0.25, -0.2) is 9.97 Å². The molecule has 0 fully saturated rings. The van der Waals surface area contributed by atoms with Gasteiger partial charge >= 0.3 is 0 Å². The third-order valence-corrected chi connectivity index (χ3v) is 6.83. The monoisotopic (exact) mass is 454 g/mol. The maximum absolute atomic E-state index is 4.63. The maximum Gasteiger partial charge on any atom is 0.109 e. The highest BCUT2D eigenvalue weighted by molar-refractivity contribution is 5.71. The molecule has 0 aliphatic rings. The van der Waals surface area contributed by atoms with Gasteiger partial charge in [0.15, 0.2) is 0 Å². The van der Waals surface area contributed by atoms with Gasteiger partial charge in [-0.1, -0.05) is 102 Å². The third kappa shape index (κ3) is 5.67. The normalized spacial score (nSPS) is 13.2. The van der Waals surface area contributed by atoms with Crippen LogP contribution in [0.1, 0.15) is 89.7 Å². The van der Waals surface area contributed by atoms with Crippen molar-refractivity contribution in [3.05, 3.63) is 72.6 Å². The van der Waals surface area contributed by atoms with Crippen molar-refractivity contribution >= 4 is 0 Å². The Morgan fingerprint density at radius 3 is 1.29 bits per heavy atom. The summed E-state index contributed by atoms with van der Waals surface area (Å²) < 4.78 is 0. The number of rotatable bonds is 11. The number of imidazole rings is 2. The van der Waals surface area contributed by atoms with Crippen molar-refractivity contribution in [2.75, 3.05) is 0 Å². The summed E-state index contributed by atoms with van der Waals surface area (Å²) in [6, 6.07) is 17.5. The Hall–Kier alpha value is -3.14. The molecule has 0 unspecified atom stereocenters. The highest BCUT2D eigenvalue weighted by Gasteiger charge is 2.12. The Balaban J connectivity index is 1.43. The van der Waals surface area contributed by atoms with Crippen LogP contribution in [0, 0.1) is 0 Å². The van der Waals surface area contributed by atoms with E-state index in [1.807, 2.05) is 12.4 Å². The van der Waals surface area contributed by atoms with E-state index < -0.39 is 0 Å². The maximum atomic E-state index is 4.63. The highest BCUT2D eigenvalue weighted by Crippen LogP contribution is 2.28. The zero-order valence-electron chi connectivity index (χ0n) is 21.1. The van der Waals surface area contributed by atoms with E-state index in [0.29, 0.717) is 11.8 Å². The van der Waals surface area contributed by atoms with Crippen molar-refractivity contribution in [3.63, 3.8) is 0 Å². The number of nitrogens with zero attached hydrogens (tertiary/aromatic N) is 2. The zero-order valence-corrected chi connectivity index (χ0v) is 21.1. The minimum absolute atomic E-state index is 0.469. The van der Waals surface area contributed by atoms with Crippen molar-refractivity contribution in [3.8, 4) is 33.6 Å². The van der Waals surface area contributed by atoms with Crippen LogP contribution in [0.3, 0.4) is 0 Å². The lowest BCUT2D eigenvalue weighted by atomic mass is 10.0. The topological polar surface area (TPSA) is 57.4 Å². The molecule has 0 saturated carbocycles. The number of H-pyrrole nitrogens is 2. The van der Waals surface area contributed by atoms with E-state index in [1.54, 1.807) is 0 Å². The molecule has 4 aromatic rings. The highest BCUT2D eigenvalue weighted by atomic mass is 14.9. The fourth-order valence-electron chi connectivity index (χ4n) is 4.45. The summed E-state index contributed by atoms with van der Waals surface area (Å²) >= 11 is 0. The molecule has 4 rings (SSSR count). The lowest BCUT2D eigenvalue weighted by Crippen LogP contribution is -1.96. The Morgan fingerprint density at radius 1 is 0.588 bits per heavy atom. The molecule has 0 aliphatic heterocycles. The van der Waals surface area contributed by atoms with E-state index in [2.05, 4.69) is 96.2 Å². The Kier molecular flexibility index (Phi) is 7.99. The Morgan fingerprint density at radius 2 is 0.941 bits per heavy atom. The summed E-state index contributed by atoms with van der Waals surface area (Å²) in [5, 5.41) is 0. The van der Waals surface area contributed by atoms with Gasteiger partial charge in [0.2, 0.25) is 0 Å². The molecule has 0 spiro atoms. The summed E-state index contributed by atoms with van der Waals surface area (Å²) in [5.74, 6) is 3.11. The van der Waals surface area contributed by atoms with Gasteiger partial charge < -0.3 is 9.97 Å². The Labute approximate surface area is 204 Å². The number of hydrogen-bond acceptors (Lipinski definition) is 2. The molecule has 0 aliphatic carbocycles. The molecule has 0 bridgehead atoms. The standard InChI is InChI=1S/C30H38N4/c1-5-7-9-21(3)29-31-19-27(33-29)25-15-11-23(12-16-25)24-13-17-26(18-14-24)28-20-32-30(34-28)22(4)10-8-6-2/h11-22H,5-10H2,1-4H3,(H,31,33)(H,32,34)/t21-,22-/m0/s1. The molecular formula is C30H38N4. The predicted octanol–water partition coefficient (Wildman–Crippen LogP) is 8.72. The van der Waals surface area contributed by atoms with E-state index in [4.69, 9.17) is 0 Å². The molecule has 0 amide bonds. The number of unbranched alkanes of at least 4 members (excludes halogenated alkanes) is 2. The van der Waals surface area contributed by atoms with Crippen LogP contribution in [0.15, 0.2) is 60.9 Å². The van der Waals surface area contributed by atoms with Gasteiger partial charge in [0.05, 0.1) is 23.8 Å². The molecule has 2 aromatic carbocycles. The van der Waals surface area contributed by atoms with Crippen LogP contribution >= 0.6 is 0 Å². The summed E-state index contributed by atoms with van der Waals surface area (Å²) in [5.41, 5.74) is 6.94. The fourth-order valence-corrected chi connectivity index (χ4v) is 4.45. The number of nitrogens with one attached hydrogen (secondary N) is 2. The Bertz CT molecular complexity index is 1060.